The number of carbonyl (C=O) groups excluding carboxylic acids is 1. The molecule has 2 amide bonds. The van der Waals surface area contributed by atoms with Crippen molar-refractivity contribution in [1.29, 1.82) is 0 Å². The van der Waals surface area contributed by atoms with Gasteiger partial charge in [0.05, 0.1) is 12.1 Å². The van der Waals surface area contributed by atoms with Crippen molar-refractivity contribution >= 4 is 11.7 Å². The lowest BCUT2D eigenvalue weighted by Crippen LogP contribution is -2.42. The van der Waals surface area contributed by atoms with Crippen LogP contribution in [0.5, 0.6) is 5.75 Å². The fourth-order valence-electron chi connectivity index (χ4n) is 4.02. The summed E-state index contributed by atoms with van der Waals surface area (Å²) in [6.45, 7) is 3.88. The molecule has 0 unspecified atom stereocenters. The maximum absolute atomic E-state index is 13.7. The predicted octanol–water partition coefficient (Wildman–Crippen LogP) is 3.71. The van der Waals surface area contributed by atoms with Gasteiger partial charge in [0, 0.05) is 24.1 Å². The lowest BCUT2D eigenvalue weighted by molar-refractivity contribution is 0.0680. The summed E-state index contributed by atoms with van der Waals surface area (Å²) >= 11 is 0. The Morgan fingerprint density at radius 1 is 1.26 bits per heavy atom. The first-order valence-corrected chi connectivity index (χ1v) is 9.15. The largest absolute Gasteiger partial charge is 0.487 e. The summed E-state index contributed by atoms with van der Waals surface area (Å²) in [5, 5.41) is 15.7. The summed E-state index contributed by atoms with van der Waals surface area (Å²) in [5.41, 5.74) is 2.89. The van der Waals surface area contributed by atoms with E-state index in [0.717, 1.165) is 11.1 Å². The summed E-state index contributed by atoms with van der Waals surface area (Å²) in [4.78, 5) is 12.6. The number of hydrogen-bond acceptors (Lipinski definition) is 3. The second-order valence-corrected chi connectivity index (χ2v) is 7.90. The minimum absolute atomic E-state index is 0.359. The van der Waals surface area contributed by atoms with Gasteiger partial charge in [0.1, 0.15) is 17.2 Å². The van der Waals surface area contributed by atoms with E-state index in [9.17, 15) is 14.3 Å². The van der Waals surface area contributed by atoms with E-state index in [-0.39, 0.29) is 17.9 Å². The molecular formula is C21H23FN2O3. The molecule has 0 aromatic heterocycles. The van der Waals surface area contributed by atoms with Crippen molar-refractivity contribution in [2.45, 2.75) is 50.9 Å². The fraction of sp³-hybridized carbons (Fsp3) is 0.381. The van der Waals surface area contributed by atoms with E-state index in [2.05, 4.69) is 10.6 Å². The van der Waals surface area contributed by atoms with Crippen molar-refractivity contribution in [2.24, 2.45) is 0 Å². The minimum Gasteiger partial charge on any atom is -0.487 e. The van der Waals surface area contributed by atoms with Gasteiger partial charge < -0.3 is 20.5 Å². The highest BCUT2D eigenvalue weighted by Crippen LogP contribution is 2.39. The third kappa shape index (κ3) is 3.62. The molecule has 0 saturated heterocycles. The number of benzene rings is 2. The Balaban J connectivity index is 1.54. The molecule has 27 heavy (non-hydrogen) atoms. The van der Waals surface area contributed by atoms with Gasteiger partial charge in [0.25, 0.3) is 0 Å². The monoisotopic (exact) mass is 370 g/mol. The van der Waals surface area contributed by atoms with Crippen LogP contribution in [0.1, 0.15) is 43.0 Å². The molecule has 2 aromatic rings. The third-order valence-electron chi connectivity index (χ3n) is 5.15. The molecule has 2 atom stereocenters. The van der Waals surface area contributed by atoms with E-state index in [1.165, 1.54) is 12.1 Å². The summed E-state index contributed by atoms with van der Waals surface area (Å²) in [7, 11) is 0. The quantitative estimate of drug-likeness (QED) is 0.755. The molecule has 0 spiro atoms. The second-order valence-electron chi connectivity index (χ2n) is 7.90. The van der Waals surface area contributed by atoms with Gasteiger partial charge in [0.2, 0.25) is 0 Å². The number of urea groups is 1. The zero-order valence-corrected chi connectivity index (χ0v) is 15.4. The lowest BCUT2D eigenvalue weighted by atomic mass is 9.89. The van der Waals surface area contributed by atoms with Crippen LogP contribution in [0.3, 0.4) is 0 Å². The van der Waals surface area contributed by atoms with Crippen LogP contribution < -0.4 is 15.4 Å². The van der Waals surface area contributed by atoms with Crippen LogP contribution in [0.15, 0.2) is 36.4 Å². The number of anilines is 1. The highest BCUT2D eigenvalue weighted by molar-refractivity contribution is 5.90. The maximum Gasteiger partial charge on any atom is 0.319 e. The first kappa shape index (κ1) is 17.8. The minimum atomic E-state index is -0.471. The number of rotatable bonds is 2. The van der Waals surface area contributed by atoms with Crippen molar-refractivity contribution in [1.82, 2.24) is 5.32 Å². The highest BCUT2D eigenvalue weighted by Gasteiger charge is 2.35. The van der Waals surface area contributed by atoms with E-state index >= 15 is 0 Å². The average Bonchev–Trinajstić information content (AvgIpc) is 2.96. The molecule has 1 heterocycles. The molecule has 3 N–H and O–H groups in total. The molecule has 0 fully saturated rings. The van der Waals surface area contributed by atoms with Gasteiger partial charge in [-0.25, -0.2) is 9.18 Å². The van der Waals surface area contributed by atoms with Gasteiger partial charge in [-0.05, 0) is 55.7 Å². The molecule has 4 rings (SSSR count). The van der Waals surface area contributed by atoms with Crippen LogP contribution in [0.4, 0.5) is 14.9 Å². The Labute approximate surface area is 157 Å². The van der Waals surface area contributed by atoms with E-state index in [0.29, 0.717) is 36.3 Å². The van der Waals surface area contributed by atoms with Gasteiger partial charge in [0.15, 0.2) is 0 Å². The molecule has 5 nitrogen and oxygen atoms in total. The van der Waals surface area contributed by atoms with Crippen molar-refractivity contribution < 1.29 is 19.0 Å². The number of fused-ring (bicyclic) bond motifs is 2. The van der Waals surface area contributed by atoms with E-state index in [1.807, 2.05) is 32.0 Å². The average molecular weight is 370 g/mol. The maximum atomic E-state index is 13.7. The van der Waals surface area contributed by atoms with Gasteiger partial charge in [-0.2, -0.15) is 0 Å². The number of halogens is 1. The normalized spacial score (nSPS) is 22.4. The van der Waals surface area contributed by atoms with Crippen molar-refractivity contribution in [3.8, 4) is 5.75 Å². The first-order chi connectivity index (χ1) is 12.8. The number of aliphatic hydroxyl groups excluding tert-OH is 1. The molecule has 1 aliphatic carbocycles. The molecule has 0 bridgehead atoms. The Bertz CT molecular complexity index is 897. The molecular weight excluding hydrogens is 347 g/mol. The number of hydrogen-bond donors (Lipinski definition) is 3. The number of aliphatic hydroxyl groups is 1. The summed E-state index contributed by atoms with van der Waals surface area (Å²) < 4.78 is 19.6. The molecule has 0 saturated carbocycles. The topological polar surface area (TPSA) is 70.6 Å². The van der Waals surface area contributed by atoms with Crippen molar-refractivity contribution in [3.63, 3.8) is 0 Å². The number of nitrogens with one attached hydrogen (secondary N) is 2. The van der Waals surface area contributed by atoms with E-state index in [1.54, 1.807) is 6.07 Å². The summed E-state index contributed by atoms with van der Waals surface area (Å²) in [6.07, 6.45) is 1.26. The predicted molar refractivity (Wildman–Crippen MR) is 100 cm³/mol. The summed E-state index contributed by atoms with van der Waals surface area (Å²) in [5.74, 6) is 0.223. The molecule has 142 valence electrons. The van der Waals surface area contributed by atoms with Crippen LogP contribution in [-0.4, -0.2) is 22.8 Å². The summed E-state index contributed by atoms with van der Waals surface area (Å²) in [6, 6.07) is 9.32. The SMILES string of the molecule is CC1(C)C[C@H](NC(=O)Nc2cccc3c2C[C@@H](O)C3)c2cc(F)ccc2O1. The van der Waals surface area contributed by atoms with Crippen LogP contribution >= 0.6 is 0 Å². The van der Waals surface area contributed by atoms with Crippen molar-refractivity contribution in [3.05, 3.63) is 58.9 Å². The second kappa shape index (κ2) is 6.53. The van der Waals surface area contributed by atoms with Crippen LogP contribution in [0.25, 0.3) is 0 Å². The fourth-order valence-corrected chi connectivity index (χ4v) is 4.02. The Kier molecular flexibility index (Phi) is 4.30. The molecule has 0 radical (unpaired) electrons. The van der Waals surface area contributed by atoms with Crippen LogP contribution in [0, 0.1) is 5.82 Å². The Hall–Kier alpha value is -2.60. The number of amides is 2. The van der Waals surface area contributed by atoms with Crippen molar-refractivity contribution in [2.75, 3.05) is 5.32 Å². The van der Waals surface area contributed by atoms with Gasteiger partial charge in [-0.3, -0.25) is 0 Å². The molecule has 6 heteroatoms. The standard InChI is InChI=1S/C21H23FN2O3/c1-21(2)11-18(16-9-13(22)6-7-19(16)27-21)24-20(26)23-17-5-3-4-12-8-14(25)10-15(12)17/h3-7,9,14,18,25H,8,10-11H2,1-2H3,(H2,23,24,26)/t14-,18-/m0/s1. The zero-order chi connectivity index (χ0) is 19.2. The lowest BCUT2D eigenvalue weighted by Gasteiger charge is -2.37. The first-order valence-electron chi connectivity index (χ1n) is 9.15. The highest BCUT2D eigenvalue weighted by atomic mass is 19.1. The van der Waals surface area contributed by atoms with Gasteiger partial charge in [-0.15, -0.1) is 0 Å². The van der Waals surface area contributed by atoms with E-state index < -0.39 is 11.7 Å². The van der Waals surface area contributed by atoms with Gasteiger partial charge in [-0.1, -0.05) is 12.1 Å². The van der Waals surface area contributed by atoms with E-state index in [4.69, 9.17) is 4.74 Å². The zero-order valence-electron chi connectivity index (χ0n) is 15.4. The Morgan fingerprint density at radius 2 is 2.07 bits per heavy atom. The van der Waals surface area contributed by atoms with Crippen LogP contribution in [0.2, 0.25) is 0 Å². The number of carbonyl (C=O) groups is 1. The third-order valence-corrected chi connectivity index (χ3v) is 5.15. The van der Waals surface area contributed by atoms with Gasteiger partial charge >= 0.3 is 6.03 Å². The molecule has 1 aliphatic heterocycles. The number of ether oxygens (including phenoxy) is 1. The molecule has 2 aliphatic rings. The van der Waals surface area contributed by atoms with Crippen LogP contribution in [-0.2, 0) is 12.8 Å². The smallest absolute Gasteiger partial charge is 0.319 e. The Morgan fingerprint density at radius 3 is 2.89 bits per heavy atom. The molecule has 2 aromatic carbocycles.